The Kier molecular flexibility index (Phi) is 5.61. The van der Waals surface area contributed by atoms with Crippen molar-refractivity contribution in [2.75, 3.05) is 37.5 Å². The number of halogens is 1. The van der Waals surface area contributed by atoms with Crippen molar-refractivity contribution in [1.82, 2.24) is 0 Å². The number of nitrogens with one attached hydrogen (secondary N) is 1. The zero-order chi connectivity index (χ0) is 18.5. The Labute approximate surface area is 152 Å². The van der Waals surface area contributed by atoms with Crippen LogP contribution in [-0.2, 0) is 0 Å². The van der Waals surface area contributed by atoms with E-state index in [4.69, 9.17) is 9.47 Å². The number of amides is 1. The molecule has 1 heterocycles. The quantitative estimate of drug-likeness (QED) is 0.875. The summed E-state index contributed by atoms with van der Waals surface area (Å²) in [6.07, 6.45) is 3.35. The summed E-state index contributed by atoms with van der Waals surface area (Å²) in [6, 6.07) is 9.71. The largest absolute Gasteiger partial charge is 0.497 e. The summed E-state index contributed by atoms with van der Waals surface area (Å²) in [5, 5.41) is 2.72. The molecule has 6 heteroatoms. The van der Waals surface area contributed by atoms with Gasteiger partial charge in [0.15, 0.2) is 0 Å². The van der Waals surface area contributed by atoms with Crippen LogP contribution in [-0.4, -0.2) is 33.2 Å². The number of ether oxygens (including phenoxy) is 2. The second-order valence-corrected chi connectivity index (χ2v) is 6.27. The number of carbonyl (C=O) groups is 1. The zero-order valence-electron chi connectivity index (χ0n) is 15.0. The minimum absolute atomic E-state index is 0.326. The van der Waals surface area contributed by atoms with Crippen LogP contribution in [0.3, 0.4) is 0 Å². The first-order valence-corrected chi connectivity index (χ1v) is 8.69. The Morgan fingerprint density at radius 3 is 2.23 bits per heavy atom. The molecule has 2 aromatic rings. The SMILES string of the molecule is COc1cc(OC)cc(C(=O)Nc2ccc(N3CCCCC3)c(F)c2)c1. The van der Waals surface area contributed by atoms with Crippen LogP contribution in [0, 0.1) is 5.82 Å². The van der Waals surface area contributed by atoms with Crippen molar-refractivity contribution in [3.05, 3.63) is 47.8 Å². The molecule has 0 aromatic heterocycles. The van der Waals surface area contributed by atoms with Crippen LogP contribution in [0.25, 0.3) is 0 Å². The lowest BCUT2D eigenvalue weighted by Crippen LogP contribution is -2.30. The van der Waals surface area contributed by atoms with Crippen LogP contribution in [0.1, 0.15) is 29.6 Å². The highest BCUT2D eigenvalue weighted by Gasteiger charge is 2.16. The van der Waals surface area contributed by atoms with Crippen molar-refractivity contribution in [3.63, 3.8) is 0 Å². The molecule has 2 aromatic carbocycles. The molecule has 0 bridgehead atoms. The van der Waals surface area contributed by atoms with Gasteiger partial charge in [0, 0.05) is 30.4 Å². The lowest BCUT2D eigenvalue weighted by Gasteiger charge is -2.29. The van der Waals surface area contributed by atoms with E-state index in [0.717, 1.165) is 25.9 Å². The number of rotatable bonds is 5. The average molecular weight is 358 g/mol. The molecule has 1 fully saturated rings. The van der Waals surface area contributed by atoms with Gasteiger partial charge in [-0.05, 0) is 49.6 Å². The van der Waals surface area contributed by atoms with Gasteiger partial charge in [-0.1, -0.05) is 0 Å². The highest BCUT2D eigenvalue weighted by molar-refractivity contribution is 6.04. The second kappa shape index (κ2) is 8.08. The Bertz CT molecular complexity index is 766. The van der Waals surface area contributed by atoms with E-state index in [1.165, 1.54) is 26.7 Å². The molecular formula is C20H23FN2O3. The monoisotopic (exact) mass is 358 g/mol. The number of piperidine rings is 1. The number of nitrogens with zero attached hydrogens (tertiary/aromatic N) is 1. The van der Waals surface area contributed by atoms with E-state index < -0.39 is 0 Å². The fourth-order valence-electron chi connectivity index (χ4n) is 3.12. The Hall–Kier alpha value is -2.76. The maximum atomic E-state index is 14.5. The number of benzene rings is 2. The molecule has 0 saturated carbocycles. The second-order valence-electron chi connectivity index (χ2n) is 6.27. The van der Waals surface area contributed by atoms with Crippen molar-refractivity contribution in [3.8, 4) is 11.5 Å². The Morgan fingerprint density at radius 2 is 1.65 bits per heavy atom. The van der Waals surface area contributed by atoms with Gasteiger partial charge in [0.2, 0.25) is 0 Å². The summed E-state index contributed by atoms with van der Waals surface area (Å²) in [4.78, 5) is 14.5. The summed E-state index contributed by atoms with van der Waals surface area (Å²) in [6.45, 7) is 1.73. The number of anilines is 2. The molecule has 0 aliphatic carbocycles. The number of methoxy groups -OCH3 is 2. The smallest absolute Gasteiger partial charge is 0.255 e. The van der Waals surface area contributed by atoms with Crippen molar-refractivity contribution >= 4 is 17.3 Å². The number of hydrogen-bond donors (Lipinski definition) is 1. The molecule has 0 spiro atoms. The highest BCUT2D eigenvalue weighted by atomic mass is 19.1. The first kappa shape index (κ1) is 18.0. The van der Waals surface area contributed by atoms with Crippen LogP contribution < -0.4 is 19.7 Å². The van der Waals surface area contributed by atoms with Crippen molar-refractivity contribution < 1.29 is 18.7 Å². The molecule has 0 radical (unpaired) electrons. The van der Waals surface area contributed by atoms with E-state index in [1.54, 1.807) is 30.3 Å². The summed E-state index contributed by atoms with van der Waals surface area (Å²) in [5.74, 6) is 0.350. The molecule has 1 aliphatic heterocycles. The van der Waals surface area contributed by atoms with Gasteiger partial charge in [0.25, 0.3) is 5.91 Å². The normalized spacial score (nSPS) is 14.0. The molecule has 3 rings (SSSR count). The third-order valence-electron chi connectivity index (χ3n) is 4.52. The third kappa shape index (κ3) is 4.07. The molecule has 1 saturated heterocycles. The third-order valence-corrected chi connectivity index (χ3v) is 4.52. The molecule has 0 atom stereocenters. The van der Waals surface area contributed by atoms with Gasteiger partial charge in [0.1, 0.15) is 17.3 Å². The lowest BCUT2D eigenvalue weighted by molar-refractivity contribution is 0.102. The lowest BCUT2D eigenvalue weighted by atomic mass is 10.1. The molecule has 5 nitrogen and oxygen atoms in total. The van der Waals surface area contributed by atoms with Gasteiger partial charge >= 0.3 is 0 Å². The standard InChI is InChI=1S/C20H23FN2O3/c1-25-16-10-14(11-17(13-16)26-2)20(24)22-15-6-7-19(18(21)12-15)23-8-4-3-5-9-23/h6-7,10-13H,3-5,8-9H2,1-2H3,(H,22,24). The van der Waals surface area contributed by atoms with Gasteiger partial charge in [-0.25, -0.2) is 4.39 Å². The van der Waals surface area contributed by atoms with Gasteiger partial charge in [-0.3, -0.25) is 4.79 Å². The minimum Gasteiger partial charge on any atom is -0.497 e. The van der Waals surface area contributed by atoms with E-state index in [0.29, 0.717) is 28.4 Å². The van der Waals surface area contributed by atoms with E-state index in [-0.39, 0.29) is 11.7 Å². The highest BCUT2D eigenvalue weighted by Crippen LogP contribution is 2.27. The maximum absolute atomic E-state index is 14.5. The Balaban J connectivity index is 1.76. The molecule has 26 heavy (non-hydrogen) atoms. The fraction of sp³-hybridized carbons (Fsp3) is 0.350. The summed E-state index contributed by atoms with van der Waals surface area (Å²) in [7, 11) is 3.04. The van der Waals surface area contributed by atoms with Gasteiger partial charge in [0.05, 0.1) is 19.9 Å². The van der Waals surface area contributed by atoms with Crippen LogP contribution >= 0.6 is 0 Å². The van der Waals surface area contributed by atoms with E-state index in [2.05, 4.69) is 10.2 Å². The predicted molar refractivity (Wildman–Crippen MR) is 100.0 cm³/mol. The fourth-order valence-corrected chi connectivity index (χ4v) is 3.12. The van der Waals surface area contributed by atoms with Gasteiger partial charge < -0.3 is 19.7 Å². The van der Waals surface area contributed by atoms with E-state index in [9.17, 15) is 9.18 Å². The van der Waals surface area contributed by atoms with Crippen LogP contribution in [0.5, 0.6) is 11.5 Å². The van der Waals surface area contributed by atoms with Crippen molar-refractivity contribution in [1.29, 1.82) is 0 Å². The van der Waals surface area contributed by atoms with Gasteiger partial charge in [-0.2, -0.15) is 0 Å². The minimum atomic E-state index is -0.354. The molecule has 1 aliphatic rings. The maximum Gasteiger partial charge on any atom is 0.255 e. The predicted octanol–water partition coefficient (Wildman–Crippen LogP) is 4.09. The van der Waals surface area contributed by atoms with Gasteiger partial charge in [-0.15, -0.1) is 0 Å². The van der Waals surface area contributed by atoms with Crippen LogP contribution in [0.4, 0.5) is 15.8 Å². The average Bonchev–Trinajstić information content (AvgIpc) is 2.68. The molecule has 0 unspecified atom stereocenters. The molecule has 1 N–H and O–H groups in total. The number of hydrogen-bond acceptors (Lipinski definition) is 4. The topological polar surface area (TPSA) is 50.8 Å². The van der Waals surface area contributed by atoms with Crippen molar-refractivity contribution in [2.24, 2.45) is 0 Å². The van der Waals surface area contributed by atoms with Crippen LogP contribution in [0.2, 0.25) is 0 Å². The number of carbonyl (C=O) groups excluding carboxylic acids is 1. The molecular weight excluding hydrogens is 335 g/mol. The Morgan fingerprint density at radius 1 is 1.00 bits per heavy atom. The summed E-state index contributed by atoms with van der Waals surface area (Å²) in [5.41, 5.74) is 1.38. The summed E-state index contributed by atoms with van der Waals surface area (Å²) < 4.78 is 24.8. The van der Waals surface area contributed by atoms with E-state index in [1.807, 2.05) is 0 Å². The molecule has 138 valence electrons. The first-order valence-electron chi connectivity index (χ1n) is 8.69. The van der Waals surface area contributed by atoms with Crippen molar-refractivity contribution in [2.45, 2.75) is 19.3 Å². The molecule has 1 amide bonds. The first-order chi connectivity index (χ1) is 12.6. The van der Waals surface area contributed by atoms with E-state index >= 15 is 0 Å². The zero-order valence-corrected chi connectivity index (χ0v) is 15.0. The van der Waals surface area contributed by atoms with Crippen LogP contribution in [0.15, 0.2) is 36.4 Å². The summed E-state index contributed by atoms with van der Waals surface area (Å²) >= 11 is 0.